The Morgan fingerprint density at radius 2 is 1.74 bits per heavy atom. The fourth-order valence-electron chi connectivity index (χ4n) is 2.60. The highest BCUT2D eigenvalue weighted by molar-refractivity contribution is 6.31. The van der Waals surface area contributed by atoms with Crippen LogP contribution >= 0.6 is 11.6 Å². The van der Waals surface area contributed by atoms with Crippen molar-refractivity contribution < 1.29 is 9.59 Å². The molecular formula is C21H18ClN3O2. The van der Waals surface area contributed by atoms with Crippen LogP contribution in [0.4, 0.5) is 5.69 Å². The standard InChI is InChI=1S/C21H18ClN3O2/c1-25(14-15-6-3-2-4-7-15)21(27)17-10-16(12-23-13-17)20(26)24-19-9-5-8-18(22)11-19/h2-13H,14H2,1H3,(H,24,26). The highest BCUT2D eigenvalue weighted by Gasteiger charge is 2.15. The molecule has 0 unspecified atom stereocenters. The summed E-state index contributed by atoms with van der Waals surface area (Å²) < 4.78 is 0. The third-order valence-electron chi connectivity index (χ3n) is 3.94. The Balaban J connectivity index is 1.72. The number of hydrogen-bond acceptors (Lipinski definition) is 3. The van der Waals surface area contributed by atoms with Crippen molar-refractivity contribution in [2.24, 2.45) is 0 Å². The second-order valence-electron chi connectivity index (χ2n) is 6.07. The van der Waals surface area contributed by atoms with Crippen LogP contribution in [0.2, 0.25) is 5.02 Å². The largest absolute Gasteiger partial charge is 0.337 e. The van der Waals surface area contributed by atoms with Gasteiger partial charge in [-0.15, -0.1) is 0 Å². The number of benzene rings is 2. The molecule has 0 saturated heterocycles. The summed E-state index contributed by atoms with van der Waals surface area (Å²) in [5.74, 6) is -0.561. The first-order valence-corrected chi connectivity index (χ1v) is 8.72. The summed E-state index contributed by atoms with van der Waals surface area (Å²) in [4.78, 5) is 30.7. The lowest BCUT2D eigenvalue weighted by Gasteiger charge is -2.17. The van der Waals surface area contributed by atoms with Gasteiger partial charge in [0.1, 0.15) is 0 Å². The number of amides is 2. The zero-order valence-electron chi connectivity index (χ0n) is 14.7. The molecule has 27 heavy (non-hydrogen) atoms. The molecule has 0 aliphatic heterocycles. The maximum absolute atomic E-state index is 12.7. The maximum atomic E-state index is 12.7. The van der Waals surface area contributed by atoms with Gasteiger partial charge in [0, 0.05) is 36.7 Å². The van der Waals surface area contributed by atoms with E-state index in [0.717, 1.165) is 5.56 Å². The Morgan fingerprint density at radius 3 is 2.48 bits per heavy atom. The van der Waals surface area contributed by atoms with E-state index >= 15 is 0 Å². The summed E-state index contributed by atoms with van der Waals surface area (Å²) in [6.45, 7) is 0.471. The lowest BCUT2D eigenvalue weighted by atomic mass is 10.1. The van der Waals surface area contributed by atoms with Crippen molar-refractivity contribution in [1.82, 2.24) is 9.88 Å². The van der Waals surface area contributed by atoms with Crippen molar-refractivity contribution in [3.8, 4) is 0 Å². The van der Waals surface area contributed by atoms with Gasteiger partial charge in [0.15, 0.2) is 0 Å². The number of aromatic nitrogens is 1. The molecule has 0 aliphatic rings. The van der Waals surface area contributed by atoms with E-state index in [1.165, 1.54) is 18.5 Å². The van der Waals surface area contributed by atoms with Crippen LogP contribution < -0.4 is 5.32 Å². The zero-order valence-corrected chi connectivity index (χ0v) is 15.5. The molecule has 0 aliphatic carbocycles. The average Bonchev–Trinajstić information content (AvgIpc) is 2.68. The average molecular weight is 380 g/mol. The van der Waals surface area contributed by atoms with Crippen LogP contribution in [-0.2, 0) is 6.54 Å². The highest BCUT2D eigenvalue weighted by Crippen LogP contribution is 2.16. The second kappa shape index (κ2) is 8.47. The molecule has 136 valence electrons. The number of carbonyl (C=O) groups is 2. The summed E-state index contributed by atoms with van der Waals surface area (Å²) in [6.07, 6.45) is 2.88. The van der Waals surface area contributed by atoms with E-state index < -0.39 is 0 Å². The van der Waals surface area contributed by atoms with Crippen molar-refractivity contribution in [2.75, 3.05) is 12.4 Å². The third-order valence-corrected chi connectivity index (χ3v) is 4.17. The van der Waals surface area contributed by atoms with Crippen molar-refractivity contribution in [3.05, 3.63) is 94.8 Å². The fourth-order valence-corrected chi connectivity index (χ4v) is 2.79. The Hall–Kier alpha value is -3.18. The highest BCUT2D eigenvalue weighted by atomic mass is 35.5. The minimum absolute atomic E-state index is 0.205. The molecule has 0 saturated carbocycles. The van der Waals surface area contributed by atoms with Gasteiger partial charge >= 0.3 is 0 Å². The quantitative estimate of drug-likeness (QED) is 0.720. The molecule has 5 nitrogen and oxygen atoms in total. The molecule has 1 N–H and O–H groups in total. The van der Waals surface area contributed by atoms with Crippen LogP contribution in [0.3, 0.4) is 0 Å². The first kappa shape index (κ1) is 18.6. The van der Waals surface area contributed by atoms with Crippen molar-refractivity contribution in [2.45, 2.75) is 6.54 Å². The molecular weight excluding hydrogens is 362 g/mol. The van der Waals surface area contributed by atoms with E-state index in [9.17, 15) is 9.59 Å². The summed E-state index contributed by atoms with van der Waals surface area (Å²) in [6, 6.07) is 18.1. The summed E-state index contributed by atoms with van der Waals surface area (Å²) in [5, 5.41) is 3.27. The summed E-state index contributed by atoms with van der Waals surface area (Å²) in [5.41, 5.74) is 2.25. The van der Waals surface area contributed by atoms with Gasteiger partial charge in [0.2, 0.25) is 0 Å². The van der Waals surface area contributed by atoms with Gasteiger partial charge < -0.3 is 10.2 Å². The number of nitrogens with zero attached hydrogens (tertiary/aromatic N) is 2. The number of pyridine rings is 1. The van der Waals surface area contributed by atoms with Gasteiger partial charge in [-0.1, -0.05) is 48.0 Å². The minimum Gasteiger partial charge on any atom is -0.337 e. The van der Waals surface area contributed by atoms with Gasteiger partial charge in [0.05, 0.1) is 11.1 Å². The van der Waals surface area contributed by atoms with E-state index in [0.29, 0.717) is 28.4 Å². The van der Waals surface area contributed by atoms with Crippen molar-refractivity contribution in [3.63, 3.8) is 0 Å². The minimum atomic E-state index is -0.356. The molecule has 1 heterocycles. The summed E-state index contributed by atoms with van der Waals surface area (Å²) in [7, 11) is 1.72. The normalized spacial score (nSPS) is 10.3. The Morgan fingerprint density at radius 1 is 1.00 bits per heavy atom. The predicted molar refractivity (Wildman–Crippen MR) is 106 cm³/mol. The van der Waals surface area contributed by atoms with Crippen LogP contribution in [0.1, 0.15) is 26.3 Å². The number of hydrogen-bond donors (Lipinski definition) is 1. The Labute approximate surface area is 162 Å². The van der Waals surface area contributed by atoms with Gasteiger partial charge in [0.25, 0.3) is 11.8 Å². The number of nitrogens with one attached hydrogen (secondary N) is 1. The van der Waals surface area contributed by atoms with Crippen molar-refractivity contribution in [1.29, 1.82) is 0 Å². The molecule has 0 atom stereocenters. The van der Waals surface area contributed by atoms with Crippen LogP contribution in [0, 0.1) is 0 Å². The molecule has 0 spiro atoms. The Kier molecular flexibility index (Phi) is 5.84. The SMILES string of the molecule is CN(Cc1ccccc1)C(=O)c1cncc(C(=O)Nc2cccc(Cl)c2)c1. The van der Waals surface area contributed by atoms with Crippen LogP contribution in [0.15, 0.2) is 73.1 Å². The smallest absolute Gasteiger partial charge is 0.257 e. The lowest BCUT2D eigenvalue weighted by molar-refractivity contribution is 0.0784. The molecule has 0 bridgehead atoms. The van der Waals surface area contributed by atoms with Crippen LogP contribution in [0.5, 0.6) is 0 Å². The molecule has 1 aromatic heterocycles. The topological polar surface area (TPSA) is 62.3 Å². The third kappa shape index (κ3) is 4.92. The second-order valence-corrected chi connectivity index (χ2v) is 6.51. The molecule has 6 heteroatoms. The van der Waals surface area contributed by atoms with E-state index in [-0.39, 0.29) is 11.8 Å². The number of rotatable bonds is 5. The molecule has 2 aromatic carbocycles. The fraction of sp³-hybridized carbons (Fsp3) is 0.0952. The predicted octanol–water partition coefficient (Wildman–Crippen LogP) is 4.26. The molecule has 3 rings (SSSR count). The zero-order chi connectivity index (χ0) is 19.2. The summed E-state index contributed by atoms with van der Waals surface area (Å²) >= 11 is 5.93. The van der Waals surface area contributed by atoms with E-state index in [1.807, 2.05) is 30.3 Å². The molecule has 3 aromatic rings. The van der Waals surface area contributed by atoms with E-state index in [4.69, 9.17) is 11.6 Å². The molecule has 2 amide bonds. The van der Waals surface area contributed by atoms with Gasteiger partial charge in [-0.2, -0.15) is 0 Å². The van der Waals surface area contributed by atoms with Crippen molar-refractivity contribution >= 4 is 29.1 Å². The molecule has 0 fully saturated rings. The monoisotopic (exact) mass is 379 g/mol. The maximum Gasteiger partial charge on any atom is 0.257 e. The van der Waals surface area contributed by atoms with Gasteiger partial charge in [-0.3, -0.25) is 14.6 Å². The van der Waals surface area contributed by atoms with Gasteiger partial charge in [-0.25, -0.2) is 0 Å². The number of anilines is 1. The van der Waals surface area contributed by atoms with Gasteiger partial charge in [-0.05, 0) is 29.8 Å². The van der Waals surface area contributed by atoms with E-state index in [2.05, 4.69) is 10.3 Å². The molecule has 0 radical (unpaired) electrons. The van der Waals surface area contributed by atoms with Crippen LogP contribution in [0.25, 0.3) is 0 Å². The van der Waals surface area contributed by atoms with Crippen LogP contribution in [-0.4, -0.2) is 28.7 Å². The number of carbonyl (C=O) groups excluding carboxylic acids is 2. The Bertz CT molecular complexity index is 960. The number of halogens is 1. The first-order valence-electron chi connectivity index (χ1n) is 8.34. The lowest BCUT2D eigenvalue weighted by Crippen LogP contribution is -2.26. The van der Waals surface area contributed by atoms with E-state index in [1.54, 1.807) is 36.2 Å². The first-order chi connectivity index (χ1) is 13.0.